The Morgan fingerprint density at radius 2 is 2.28 bits per heavy atom. The summed E-state index contributed by atoms with van der Waals surface area (Å²) in [6, 6.07) is 10.4. The number of nitriles is 1. The standard InChI is InChI=1S/C15H17NO2/c1-2-18-15(17)9-14-12(10-16)8-7-11-5-3-4-6-13(11)14/h3-6,12,14H,2,7-9H2,1H3. The van der Waals surface area contributed by atoms with Gasteiger partial charge in [0, 0.05) is 5.92 Å². The van der Waals surface area contributed by atoms with Gasteiger partial charge in [-0.15, -0.1) is 0 Å². The fourth-order valence-electron chi connectivity index (χ4n) is 2.66. The summed E-state index contributed by atoms with van der Waals surface area (Å²) in [6.45, 7) is 2.19. The molecule has 3 heteroatoms. The van der Waals surface area contributed by atoms with Crippen LogP contribution in [0.1, 0.15) is 36.8 Å². The molecule has 0 saturated heterocycles. The fraction of sp³-hybridized carbons (Fsp3) is 0.467. The normalized spacial score (nSPS) is 21.8. The van der Waals surface area contributed by atoms with Crippen LogP contribution in [0.4, 0.5) is 0 Å². The van der Waals surface area contributed by atoms with E-state index < -0.39 is 0 Å². The molecule has 3 nitrogen and oxygen atoms in total. The smallest absolute Gasteiger partial charge is 0.306 e. The monoisotopic (exact) mass is 243 g/mol. The largest absolute Gasteiger partial charge is 0.466 e. The van der Waals surface area contributed by atoms with E-state index in [2.05, 4.69) is 12.1 Å². The van der Waals surface area contributed by atoms with Crippen molar-refractivity contribution in [1.29, 1.82) is 5.26 Å². The summed E-state index contributed by atoms with van der Waals surface area (Å²) in [7, 11) is 0. The summed E-state index contributed by atoms with van der Waals surface area (Å²) < 4.78 is 5.00. The second-order valence-electron chi connectivity index (χ2n) is 4.59. The minimum Gasteiger partial charge on any atom is -0.466 e. The highest BCUT2D eigenvalue weighted by Crippen LogP contribution is 2.38. The molecule has 1 aromatic rings. The van der Waals surface area contributed by atoms with E-state index in [9.17, 15) is 10.1 Å². The Kier molecular flexibility index (Phi) is 3.99. The molecule has 0 saturated carbocycles. The Hall–Kier alpha value is -1.82. The summed E-state index contributed by atoms with van der Waals surface area (Å²) in [5, 5.41) is 9.23. The third kappa shape index (κ3) is 2.53. The molecule has 2 unspecified atom stereocenters. The molecule has 0 N–H and O–H groups in total. The van der Waals surface area contributed by atoms with E-state index in [-0.39, 0.29) is 17.8 Å². The highest BCUT2D eigenvalue weighted by Gasteiger charge is 2.31. The molecule has 2 rings (SSSR count). The lowest BCUT2D eigenvalue weighted by Crippen LogP contribution is -2.23. The van der Waals surface area contributed by atoms with Crippen molar-refractivity contribution >= 4 is 5.97 Å². The first-order valence-electron chi connectivity index (χ1n) is 6.39. The first-order chi connectivity index (χ1) is 8.76. The van der Waals surface area contributed by atoms with Crippen molar-refractivity contribution in [3.63, 3.8) is 0 Å². The molecule has 0 amide bonds. The number of aryl methyl sites for hydroxylation is 1. The first kappa shape index (κ1) is 12.6. The van der Waals surface area contributed by atoms with Gasteiger partial charge in [0.2, 0.25) is 0 Å². The zero-order chi connectivity index (χ0) is 13.0. The number of esters is 1. The SMILES string of the molecule is CCOC(=O)CC1c2ccccc2CCC1C#N. The van der Waals surface area contributed by atoms with Crippen LogP contribution in [0, 0.1) is 17.2 Å². The molecule has 0 bridgehead atoms. The number of benzene rings is 1. The average molecular weight is 243 g/mol. The van der Waals surface area contributed by atoms with Crippen LogP contribution in [-0.4, -0.2) is 12.6 Å². The van der Waals surface area contributed by atoms with Gasteiger partial charge in [0.1, 0.15) is 0 Å². The van der Waals surface area contributed by atoms with Crippen LogP contribution in [0.25, 0.3) is 0 Å². The predicted octanol–water partition coefficient (Wildman–Crippen LogP) is 2.81. The van der Waals surface area contributed by atoms with E-state index >= 15 is 0 Å². The van der Waals surface area contributed by atoms with Gasteiger partial charge in [-0.3, -0.25) is 4.79 Å². The van der Waals surface area contributed by atoms with E-state index in [1.807, 2.05) is 18.2 Å². The zero-order valence-corrected chi connectivity index (χ0v) is 10.6. The number of hydrogen-bond donors (Lipinski definition) is 0. The number of fused-ring (bicyclic) bond motifs is 1. The Morgan fingerprint density at radius 3 is 3.00 bits per heavy atom. The molecule has 0 fully saturated rings. The van der Waals surface area contributed by atoms with Gasteiger partial charge in [-0.1, -0.05) is 24.3 Å². The van der Waals surface area contributed by atoms with Gasteiger partial charge < -0.3 is 4.74 Å². The van der Waals surface area contributed by atoms with Crippen molar-refractivity contribution < 1.29 is 9.53 Å². The Morgan fingerprint density at radius 1 is 1.50 bits per heavy atom. The molecule has 1 aliphatic carbocycles. The van der Waals surface area contributed by atoms with E-state index in [4.69, 9.17) is 4.74 Å². The molecule has 0 spiro atoms. The summed E-state index contributed by atoms with van der Waals surface area (Å²) in [4.78, 5) is 11.7. The number of nitrogens with zero attached hydrogens (tertiary/aromatic N) is 1. The molecular weight excluding hydrogens is 226 g/mol. The van der Waals surface area contributed by atoms with Gasteiger partial charge in [0.15, 0.2) is 0 Å². The molecule has 0 radical (unpaired) electrons. The summed E-state index contributed by atoms with van der Waals surface area (Å²) in [5.41, 5.74) is 2.40. The number of rotatable bonds is 3. The van der Waals surface area contributed by atoms with Gasteiger partial charge in [-0.2, -0.15) is 5.26 Å². The zero-order valence-electron chi connectivity index (χ0n) is 10.6. The van der Waals surface area contributed by atoms with Crippen molar-refractivity contribution in [2.24, 2.45) is 5.92 Å². The molecule has 1 aromatic carbocycles. The Bertz CT molecular complexity index is 476. The summed E-state index contributed by atoms with van der Waals surface area (Å²) in [5.74, 6) is -0.303. The molecule has 2 atom stereocenters. The maximum Gasteiger partial charge on any atom is 0.306 e. The number of ether oxygens (including phenoxy) is 1. The molecule has 0 aromatic heterocycles. The van der Waals surface area contributed by atoms with Crippen LogP contribution in [0.2, 0.25) is 0 Å². The first-order valence-corrected chi connectivity index (χ1v) is 6.39. The highest BCUT2D eigenvalue weighted by molar-refractivity contribution is 5.71. The lowest BCUT2D eigenvalue weighted by molar-refractivity contribution is -0.143. The van der Waals surface area contributed by atoms with E-state index in [1.54, 1.807) is 6.92 Å². The molecule has 18 heavy (non-hydrogen) atoms. The number of hydrogen-bond acceptors (Lipinski definition) is 3. The van der Waals surface area contributed by atoms with Crippen LogP contribution < -0.4 is 0 Å². The van der Waals surface area contributed by atoms with E-state index in [0.29, 0.717) is 13.0 Å². The molecule has 94 valence electrons. The van der Waals surface area contributed by atoms with Gasteiger partial charge >= 0.3 is 5.97 Å². The summed E-state index contributed by atoms with van der Waals surface area (Å²) >= 11 is 0. The maximum absolute atomic E-state index is 11.7. The minimum absolute atomic E-state index is 0.0148. The minimum atomic E-state index is -0.209. The topological polar surface area (TPSA) is 50.1 Å². The predicted molar refractivity (Wildman–Crippen MR) is 67.9 cm³/mol. The van der Waals surface area contributed by atoms with Crippen LogP contribution >= 0.6 is 0 Å². The second-order valence-corrected chi connectivity index (χ2v) is 4.59. The third-order valence-electron chi connectivity index (χ3n) is 3.52. The van der Waals surface area contributed by atoms with Crippen molar-refractivity contribution in [1.82, 2.24) is 0 Å². The Labute approximate surface area is 107 Å². The molecular formula is C15H17NO2. The Balaban J connectivity index is 2.24. The van der Waals surface area contributed by atoms with Crippen LogP contribution in [0.3, 0.4) is 0 Å². The lowest BCUT2D eigenvalue weighted by atomic mass is 9.74. The van der Waals surface area contributed by atoms with Gasteiger partial charge in [0.05, 0.1) is 25.0 Å². The second kappa shape index (κ2) is 5.68. The van der Waals surface area contributed by atoms with Crippen LogP contribution in [-0.2, 0) is 16.0 Å². The third-order valence-corrected chi connectivity index (χ3v) is 3.52. The lowest BCUT2D eigenvalue weighted by Gasteiger charge is -2.28. The van der Waals surface area contributed by atoms with Crippen LogP contribution in [0.5, 0.6) is 0 Å². The van der Waals surface area contributed by atoms with Crippen molar-refractivity contribution in [3.05, 3.63) is 35.4 Å². The van der Waals surface area contributed by atoms with E-state index in [0.717, 1.165) is 18.4 Å². The maximum atomic E-state index is 11.7. The number of carbonyl (C=O) groups is 1. The van der Waals surface area contributed by atoms with Gasteiger partial charge in [0.25, 0.3) is 0 Å². The highest BCUT2D eigenvalue weighted by atomic mass is 16.5. The number of carbonyl (C=O) groups excluding carboxylic acids is 1. The van der Waals surface area contributed by atoms with Crippen molar-refractivity contribution in [2.45, 2.75) is 32.1 Å². The van der Waals surface area contributed by atoms with Crippen molar-refractivity contribution in [3.8, 4) is 6.07 Å². The summed E-state index contributed by atoms with van der Waals surface area (Å²) in [6.07, 6.45) is 2.06. The molecule has 0 aliphatic heterocycles. The van der Waals surface area contributed by atoms with Crippen LogP contribution in [0.15, 0.2) is 24.3 Å². The van der Waals surface area contributed by atoms with Gasteiger partial charge in [-0.05, 0) is 30.9 Å². The van der Waals surface area contributed by atoms with Crippen molar-refractivity contribution in [2.75, 3.05) is 6.61 Å². The average Bonchev–Trinajstić information content (AvgIpc) is 2.39. The van der Waals surface area contributed by atoms with E-state index in [1.165, 1.54) is 5.56 Å². The molecule has 1 aliphatic rings. The molecule has 0 heterocycles. The fourth-order valence-corrected chi connectivity index (χ4v) is 2.66. The van der Waals surface area contributed by atoms with Gasteiger partial charge in [-0.25, -0.2) is 0 Å². The quantitative estimate of drug-likeness (QED) is 0.767.